The molecule has 2 N–H and O–H groups in total. The molecule has 0 saturated carbocycles. The third kappa shape index (κ3) is 5.09. The number of nitrogens with zero attached hydrogens (tertiary/aromatic N) is 2. The Hall–Kier alpha value is -4.08. The molecule has 4 aromatic rings. The van der Waals surface area contributed by atoms with Crippen LogP contribution in [0.5, 0.6) is 5.75 Å². The van der Waals surface area contributed by atoms with Crippen LogP contribution in [0.3, 0.4) is 0 Å². The molecule has 4 rings (SSSR count). The number of aromatic nitrogens is 2. The third-order valence-electron chi connectivity index (χ3n) is 5.87. The molecule has 37 heavy (non-hydrogen) atoms. The predicted octanol–water partition coefficient (Wildman–Crippen LogP) is 3.22. The van der Waals surface area contributed by atoms with Crippen LogP contribution in [-0.2, 0) is 23.0 Å². The van der Waals surface area contributed by atoms with Crippen LogP contribution in [0.1, 0.15) is 15.9 Å². The quantitative estimate of drug-likeness (QED) is 0.361. The molecule has 1 atom stereocenters. The number of ether oxygens (including phenoxy) is 1. The number of amides is 1. The molecule has 0 saturated heterocycles. The van der Waals surface area contributed by atoms with Crippen molar-refractivity contribution in [3.63, 3.8) is 0 Å². The Kier molecular flexibility index (Phi) is 7.37. The highest BCUT2D eigenvalue weighted by Crippen LogP contribution is 2.24. The van der Waals surface area contributed by atoms with E-state index >= 15 is 0 Å². The van der Waals surface area contributed by atoms with Gasteiger partial charge in [-0.05, 0) is 48.0 Å². The van der Waals surface area contributed by atoms with Gasteiger partial charge in [0.15, 0.2) is 0 Å². The van der Waals surface area contributed by atoms with Crippen molar-refractivity contribution >= 4 is 46.0 Å². The monoisotopic (exact) mass is 541 g/mol. The minimum atomic E-state index is -1.06. The second-order valence-corrected chi connectivity index (χ2v) is 9.01. The lowest BCUT2D eigenvalue weighted by molar-refractivity contribution is -0.142. The highest BCUT2D eigenvalue weighted by Gasteiger charge is 2.25. The summed E-state index contributed by atoms with van der Waals surface area (Å²) in [5, 5.41) is 12.9. The van der Waals surface area contributed by atoms with Gasteiger partial charge < -0.3 is 15.2 Å². The first-order valence-electron chi connectivity index (χ1n) is 11.0. The number of benzene rings is 3. The first-order chi connectivity index (χ1) is 17.6. The first-order valence-corrected chi connectivity index (χ1v) is 11.7. The summed E-state index contributed by atoms with van der Waals surface area (Å²) in [7, 11) is 2.73. The van der Waals surface area contributed by atoms with E-state index in [9.17, 15) is 24.3 Å². The van der Waals surface area contributed by atoms with E-state index in [1.54, 1.807) is 30.3 Å². The second kappa shape index (κ2) is 10.5. The molecule has 0 bridgehead atoms. The number of phenols is 1. The van der Waals surface area contributed by atoms with E-state index in [0.29, 0.717) is 16.8 Å². The van der Waals surface area contributed by atoms with Crippen molar-refractivity contribution in [1.29, 1.82) is 0 Å². The van der Waals surface area contributed by atoms with Gasteiger partial charge in [-0.15, -0.1) is 0 Å². The van der Waals surface area contributed by atoms with Crippen molar-refractivity contribution in [2.45, 2.75) is 12.5 Å². The molecular weight excluding hydrogens is 521 g/mol. The molecule has 0 aliphatic heterocycles. The zero-order valence-corrected chi connectivity index (χ0v) is 21.2. The molecule has 1 amide bonds. The Balaban J connectivity index is 1.64. The normalized spacial score (nSPS) is 11.8. The van der Waals surface area contributed by atoms with Crippen molar-refractivity contribution in [2.75, 3.05) is 7.11 Å². The van der Waals surface area contributed by atoms with Crippen molar-refractivity contribution in [1.82, 2.24) is 14.5 Å². The Bertz CT molecular complexity index is 1620. The van der Waals surface area contributed by atoms with Crippen LogP contribution < -0.4 is 16.6 Å². The summed E-state index contributed by atoms with van der Waals surface area (Å²) >= 11 is 12.2. The van der Waals surface area contributed by atoms with Crippen LogP contribution >= 0.6 is 23.2 Å². The number of phenolic OH excluding ortho intramolecular Hbond substituents is 1. The van der Waals surface area contributed by atoms with Gasteiger partial charge in [-0.2, -0.15) is 0 Å². The lowest BCUT2D eigenvalue weighted by atomic mass is 10.0. The molecule has 190 valence electrons. The number of hydrogen-bond donors (Lipinski definition) is 2. The summed E-state index contributed by atoms with van der Waals surface area (Å²) in [5.74, 6) is -1.42. The molecule has 9 nitrogen and oxygen atoms in total. The first kappa shape index (κ1) is 26.0. The largest absolute Gasteiger partial charge is 0.508 e. The van der Waals surface area contributed by atoms with Crippen LogP contribution in [0, 0.1) is 0 Å². The summed E-state index contributed by atoms with van der Waals surface area (Å²) in [6, 6.07) is 14.1. The zero-order chi connectivity index (χ0) is 26.9. The van der Waals surface area contributed by atoms with Gasteiger partial charge in [-0.25, -0.2) is 14.2 Å². The Labute approximate surface area is 220 Å². The lowest BCUT2D eigenvalue weighted by Crippen LogP contribution is -2.43. The number of rotatable bonds is 6. The average Bonchev–Trinajstić information content (AvgIpc) is 2.87. The Morgan fingerprint density at radius 1 is 1.03 bits per heavy atom. The number of aromatic hydroxyl groups is 1. The molecule has 0 aliphatic rings. The smallest absolute Gasteiger partial charge is 0.335 e. The van der Waals surface area contributed by atoms with Crippen molar-refractivity contribution in [3.8, 4) is 11.4 Å². The van der Waals surface area contributed by atoms with Crippen molar-refractivity contribution in [2.24, 2.45) is 7.05 Å². The highest BCUT2D eigenvalue weighted by molar-refractivity contribution is 6.39. The maximum Gasteiger partial charge on any atom is 0.335 e. The van der Waals surface area contributed by atoms with Crippen LogP contribution in [0.15, 0.2) is 70.3 Å². The molecule has 1 heterocycles. The van der Waals surface area contributed by atoms with Crippen LogP contribution in [-0.4, -0.2) is 39.3 Å². The minimum Gasteiger partial charge on any atom is -0.508 e. The number of esters is 1. The zero-order valence-electron chi connectivity index (χ0n) is 19.7. The van der Waals surface area contributed by atoms with E-state index in [0.717, 1.165) is 4.57 Å². The van der Waals surface area contributed by atoms with Gasteiger partial charge in [-0.3, -0.25) is 14.2 Å². The predicted molar refractivity (Wildman–Crippen MR) is 140 cm³/mol. The molecule has 0 aliphatic carbocycles. The minimum absolute atomic E-state index is 0.0349. The molecule has 0 fully saturated rings. The molecule has 0 unspecified atom stereocenters. The number of hydrogen-bond acceptors (Lipinski definition) is 6. The summed E-state index contributed by atoms with van der Waals surface area (Å²) in [4.78, 5) is 51.2. The Morgan fingerprint density at radius 2 is 1.68 bits per heavy atom. The molecular formula is C26H21Cl2N3O6. The summed E-state index contributed by atoms with van der Waals surface area (Å²) in [6.45, 7) is 0. The SMILES string of the molecule is COC(=O)[C@H](Cc1ccc(-n2c(=O)c3cc(O)ccc3n(C)c2=O)cc1)NC(=O)c1c(Cl)cccc1Cl. The Morgan fingerprint density at radius 3 is 2.30 bits per heavy atom. The van der Waals surface area contributed by atoms with Gasteiger partial charge in [0.25, 0.3) is 11.5 Å². The van der Waals surface area contributed by atoms with Gasteiger partial charge >= 0.3 is 11.7 Å². The number of aryl methyl sites for hydroxylation is 1. The standard InChI is InChI=1S/C26H21Cl2N3O6/c1-30-21-11-10-16(32)13-17(21)24(34)31(26(30)36)15-8-6-14(7-9-15)12-20(25(35)37-2)29-23(33)22-18(27)4-3-5-19(22)28/h3-11,13,20,32H,12H2,1-2H3,(H,29,33)/t20-/m0/s1. The summed E-state index contributed by atoms with van der Waals surface area (Å²) in [5.41, 5.74) is 0.183. The second-order valence-electron chi connectivity index (χ2n) is 8.20. The van der Waals surface area contributed by atoms with Crippen molar-refractivity contribution in [3.05, 3.63) is 103 Å². The van der Waals surface area contributed by atoms with Crippen LogP contribution in [0.4, 0.5) is 0 Å². The maximum atomic E-state index is 13.1. The molecule has 0 spiro atoms. The summed E-state index contributed by atoms with van der Waals surface area (Å²) < 4.78 is 7.14. The highest BCUT2D eigenvalue weighted by atomic mass is 35.5. The molecule has 11 heteroatoms. The van der Waals surface area contributed by atoms with Crippen LogP contribution in [0.2, 0.25) is 10.0 Å². The van der Waals surface area contributed by atoms with Crippen molar-refractivity contribution < 1.29 is 19.4 Å². The summed E-state index contributed by atoms with van der Waals surface area (Å²) in [6.07, 6.45) is 0.0548. The van der Waals surface area contributed by atoms with Gasteiger partial charge in [0.1, 0.15) is 11.8 Å². The average molecular weight is 542 g/mol. The van der Waals surface area contributed by atoms with E-state index < -0.39 is 29.2 Å². The van der Waals surface area contributed by atoms with E-state index in [1.807, 2.05) is 0 Å². The molecule has 0 radical (unpaired) electrons. The number of nitrogens with one attached hydrogen (secondary N) is 1. The number of carbonyl (C=O) groups excluding carboxylic acids is 2. The van der Waals surface area contributed by atoms with Crippen LogP contribution in [0.25, 0.3) is 16.6 Å². The fourth-order valence-corrected chi connectivity index (χ4v) is 4.54. The van der Waals surface area contributed by atoms with E-state index in [1.165, 1.54) is 49.1 Å². The van der Waals surface area contributed by atoms with Gasteiger partial charge in [-0.1, -0.05) is 41.4 Å². The molecule has 1 aromatic heterocycles. The lowest BCUT2D eigenvalue weighted by Gasteiger charge is -2.18. The van der Waals surface area contributed by atoms with Gasteiger partial charge in [0.05, 0.1) is 39.3 Å². The maximum absolute atomic E-state index is 13.1. The third-order valence-corrected chi connectivity index (χ3v) is 6.50. The van der Waals surface area contributed by atoms with E-state index in [-0.39, 0.29) is 33.2 Å². The number of carbonyl (C=O) groups is 2. The topological polar surface area (TPSA) is 120 Å². The number of fused-ring (bicyclic) bond motifs is 1. The van der Waals surface area contributed by atoms with E-state index in [2.05, 4.69) is 5.32 Å². The fourth-order valence-electron chi connectivity index (χ4n) is 3.97. The fraction of sp³-hybridized carbons (Fsp3) is 0.154. The van der Waals surface area contributed by atoms with Gasteiger partial charge in [0, 0.05) is 13.5 Å². The molecule has 3 aromatic carbocycles. The number of halogens is 2. The number of methoxy groups -OCH3 is 1. The van der Waals surface area contributed by atoms with E-state index in [4.69, 9.17) is 27.9 Å². The van der Waals surface area contributed by atoms with Gasteiger partial charge in [0.2, 0.25) is 0 Å².